The Bertz CT molecular complexity index is 476. The lowest BCUT2D eigenvalue weighted by Gasteiger charge is -2.37. The monoisotopic (exact) mass is 277 g/mol. The molecular weight excluding hydrogens is 254 g/mol. The number of nitrogens with one attached hydrogen (secondary N) is 2. The molecule has 1 aromatic rings. The van der Waals surface area contributed by atoms with Gasteiger partial charge in [-0.1, -0.05) is 12.1 Å². The second-order valence-corrected chi connectivity index (χ2v) is 6.24. The second kappa shape index (κ2) is 5.61. The highest BCUT2D eigenvalue weighted by atomic mass is 16.6. The van der Waals surface area contributed by atoms with Crippen LogP contribution in [0.3, 0.4) is 0 Å². The van der Waals surface area contributed by atoms with Crippen molar-refractivity contribution in [1.29, 1.82) is 0 Å². The van der Waals surface area contributed by atoms with Crippen LogP contribution in [0.5, 0.6) is 0 Å². The van der Waals surface area contributed by atoms with Crippen molar-refractivity contribution in [3.8, 4) is 0 Å². The summed E-state index contributed by atoms with van der Waals surface area (Å²) in [6.45, 7) is 5.57. The Balaban J connectivity index is 1.73. The minimum atomic E-state index is -0.454. The summed E-state index contributed by atoms with van der Waals surface area (Å²) in [6, 6.07) is 8.22. The number of hydrogen-bond donors (Lipinski definition) is 3. The largest absolute Gasteiger partial charge is 0.444 e. The molecule has 0 radical (unpaired) electrons. The van der Waals surface area contributed by atoms with E-state index in [0.29, 0.717) is 6.04 Å². The Morgan fingerprint density at radius 1 is 1.25 bits per heavy atom. The highest BCUT2D eigenvalue weighted by Gasteiger charge is 2.31. The molecule has 0 unspecified atom stereocenters. The fraction of sp³-hybridized carbons (Fsp3) is 0.533. The number of amides is 1. The molecule has 0 heterocycles. The first kappa shape index (κ1) is 14.5. The van der Waals surface area contributed by atoms with Gasteiger partial charge in [0.2, 0.25) is 0 Å². The molecule has 2 rings (SSSR count). The van der Waals surface area contributed by atoms with Gasteiger partial charge in [-0.25, -0.2) is 4.79 Å². The standard InChI is InChI=1S/C15H23N3O2/c1-15(2,3)20-14(19)18-11-8-10(9-11)17-13-7-5-4-6-12(13)16/h4-7,10-11,17H,8-9,16H2,1-3H3,(H,18,19)/t10-,11-. The minimum Gasteiger partial charge on any atom is -0.444 e. The molecule has 0 atom stereocenters. The van der Waals surface area contributed by atoms with Crippen LogP contribution in [0.4, 0.5) is 16.2 Å². The van der Waals surface area contributed by atoms with Crippen LogP contribution in [0.15, 0.2) is 24.3 Å². The number of alkyl carbamates (subject to hydrolysis) is 1. The number of nitrogen functional groups attached to an aromatic ring is 1. The van der Waals surface area contributed by atoms with Gasteiger partial charge in [0.1, 0.15) is 5.60 Å². The maximum atomic E-state index is 11.6. The van der Waals surface area contributed by atoms with Crippen LogP contribution in [0.1, 0.15) is 33.6 Å². The molecule has 1 aliphatic rings. The number of carbonyl (C=O) groups excluding carboxylic acids is 1. The quantitative estimate of drug-likeness (QED) is 0.742. The smallest absolute Gasteiger partial charge is 0.407 e. The average Bonchev–Trinajstić information content (AvgIpc) is 2.26. The number of carbonyl (C=O) groups is 1. The minimum absolute atomic E-state index is 0.173. The third kappa shape index (κ3) is 4.05. The molecule has 5 nitrogen and oxygen atoms in total. The van der Waals surface area contributed by atoms with E-state index >= 15 is 0 Å². The first-order chi connectivity index (χ1) is 9.33. The zero-order valence-corrected chi connectivity index (χ0v) is 12.3. The molecule has 1 fully saturated rings. The molecule has 1 aromatic carbocycles. The molecular formula is C15H23N3O2. The molecule has 0 spiro atoms. The van der Waals surface area contributed by atoms with Gasteiger partial charge in [-0.3, -0.25) is 0 Å². The van der Waals surface area contributed by atoms with E-state index in [9.17, 15) is 4.79 Å². The Morgan fingerprint density at radius 3 is 2.50 bits per heavy atom. The number of benzene rings is 1. The van der Waals surface area contributed by atoms with Crippen LogP contribution in [-0.4, -0.2) is 23.8 Å². The molecule has 0 aliphatic heterocycles. The van der Waals surface area contributed by atoms with Gasteiger partial charge in [0.15, 0.2) is 0 Å². The van der Waals surface area contributed by atoms with Crippen LogP contribution < -0.4 is 16.4 Å². The number of anilines is 2. The number of para-hydroxylation sites is 2. The lowest BCUT2D eigenvalue weighted by molar-refractivity contribution is 0.0475. The van der Waals surface area contributed by atoms with Crippen molar-refractivity contribution < 1.29 is 9.53 Å². The Labute approximate surface area is 119 Å². The van der Waals surface area contributed by atoms with Gasteiger partial charge in [0, 0.05) is 12.1 Å². The molecule has 4 N–H and O–H groups in total. The molecule has 0 saturated heterocycles. The number of rotatable bonds is 3. The Hall–Kier alpha value is -1.91. The summed E-state index contributed by atoms with van der Waals surface area (Å²) in [5.41, 5.74) is 7.12. The van der Waals surface area contributed by atoms with Crippen LogP contribution in [-0.2, 0) is 4.74 Å². The van der Waals surface area contributed by atoms with Gasteiger partial charge in [-0.05, 0) is 45.7 Å². The van der Waals surface area contributed by atoms with Crippen LogP contribution in [0, 0.1) is 0 Å². The summed E-state index contributed by atoms with van der Waals surface area (Å²) in [4.78, 5) is 11.6. The Kier molecular flexibility index (Phi) is 4.06. The van der Waals surface area contributed by atoms with Gasteiger partial charge in [0.05, 0.1) is 11.4 Å². The van der Waals surface area contributed by atoms with Crippen molar-refractivity contribution in [1.82, 2.24) is 5.32 Å². The van der Waals surface area contributed by atoms with Crippen molar-refractivity contribution in [2.45, 2.75) is 51.3 Å². The number of nitrogens with two attached hydrogens (primary N) is 1. The van der Waals surface area contributed by atoms with Gasteiger partial charge in [-0.15, -0.1) is 0 Å². The molecule has 1 aliphatic carbocycles. The average molecular weight is 277 g/mol. The van der Waals surface area contributed by atoms with Gasteiger partial charge in [-0.2, -0.15) is 0 Å². The van der Waals surface area contributed by atoms with Gasteiger partial charge < -0.3 is 21.1 Å². The third-order valence-corrected chi connectivity index (χ3v) is 3.18. The van der Waals surface area contributed by atoms with Crippen LogP contribution in [0.25, 0.3) is 0 Å². The third-order valence-electron chi connectivity index (χ3n) is 3.18. The maximum absolute atomic E-state index is 11.6. The van der Waals surface area contributed by atoms with E-state index in [2.05, 4.69) is 10.6 Å². The number of ether oxygens (including phenoxy) is 1. The zero-order valence-electron chi connectivity index (χ0n) is 12.3. The first-order valence-corrected chi connectivity index (χ1v) is 6.94. The summed E-state index contributed by atoms with van der Waals surface area (Å²) >= 11 is 0. The fourth-order valence-electron chi connectivity index (χ4n) is 2.18. The lowest BCUT2D eigenvalue weighted by atomic mass is 9.86. The van der Waals surface area contributed by atoms with Crippen molar-refractivity contribution in [3.05, 3.63) is 24.3 Å². The lowest BCUT2D eigenvalue weighted by Crippen LogP contribution is -2.50. The summed E-state index contributed by atoms with van der Waals surface area (Å²) in [7, 11) is 0. The van der Waals surface area contributed by atoms with E-state index in [0.717, 1.165) is 24.2 Å². The highest BCUT2D eigenvalue weighted by Crippen LogP contribution is 2.27. The van der Waals surface area contributed by atoms with E-state index in [-0.39, 0.29) is 12.1 Å². The summed E-state index contributed by atoms with van der Waals surface area (Å²) < 4.78 is 5.23. The molecule has 5 heteroatoms. The second-order valence-electron chi connectivity index (χ2n) is 6.24. The zero-order chi connectivity index (χ0) is 14.8. The maximum Gasteiger partial charge on any atom is 0.407 e. The topological polar surface area (TPSA) is 76.4 Å². The normalized spacial score (nSPS) is 21.8. The summed E-state index contributed by atoms with van der Waals surface area (Å²) in [6.07, 6.45) is 1.42. The molecule has 110 valence electrons. The van der Waals surface area contributed by atoms with E-state index in [1.54, 1.807) is 0 Å². The van der Waals surface area contributed by atoms with E-state index < -0.39 is 5.60 Å². The molecule has 0 aromatic heterocycles. The van der Waals surface area contributed by atoms with Crippen molar-refractivity contribution in [2.24, 2.45) is 0 Å². The van der Waals surface area contributed by atoms with Crippen LogP contribution >= 0.6 is 0 Å². The molecule has 0 bridgehead atoms. The first-order valence-electron chi connectivity index (χ1n) is 6.94. The molecule has 1 saturated carbocycles. The fourth-order valence-corrected chi connectivity index (χ4v) is 2.18. The predicted octanol–water partition coefficient (Wildman–Crippen LogP) is 2.74. The highest BCUT2D eigenvalue weighted by molar-refractivity contribution is 5.69. The van der Waals surface area contributed by atoms with Crippen molar-refractivity contribution >= 4 is 17.5 Å². The van der Waals surface area contributed by atoms with Crippen molar-refractivity contribution in [3.63, 3.8) is 0 Å². The van der Waals surface area contributed by atoms with E-state index in [1.807, 2.05) is 45.0 Å². The predicted molar refractivity (Wildman–Crippen MR) is 80.7 cm³/mol. The molecule has 20 heavy (non-hydrogen) atoms. The van der Waals surface area contributed by atoms with E-state index in [1.165, 1.54) is 0 Å². The van der Waals surface area contributed by atoms with Gasteiger partial charge in [0.25, 0.3) is 0 Å². The SMILES string of the molecule is CC(C)(C)OC(=O)N[C@H]1C[C@H](Nc2ccccc2N)C1. The molecule has 1 amide bonds. The summed E-state index contributed by atoms with van der Waals surface area (Å²) in [5, 5.41) is 6.25. The van der Waals surface area contributed by atoms with Gasteiger partial charge >= 0.3 is 6.09 Å². The van der Waals surface area contributed by atoms with Crippen molar-refractivity contribution in [2.75, 3.05) is 11.1 Å². The van der Waals surface area contributed by atoms with Crippen LogP contribution in [0.2, 0.25) is 0 Å². The number of hydrogen-bond acceptors (Lipinski definition) is 4. The van der Waals surface area contributed by atoms with E-state index in [4.69, 9.17) is 10.5 Å². The summed E-state index contributed by atoms with van der Waals surface area (Å²) in [5.74, 6) is 0. The Morgan fingerprint density at radius 2 is 1.90 bits per heavy atom.